The van der Waals surface area contributed by atoms with Crippen LogP contribution in [0.1, 0.15) is 18.1 Å². The average Bonchev–Trinajstić information content (AvgIpc) is 2.17. The van der Waals surface area contributed by atoms with E-state index in [1.807, 2.05) is 19.1 Å². The Labute approximate surface area is 95.8 Å². The van der Waals surface area contributed by atoms with Crippen molar-refractivity contribution < 1.29 is 4.79 Å². The van der Waals surface area contributed by atoms with Gasteiger partial charge >= 0.3 is 0 Å². The Bertz CT molecular complexity index is 363. The van der Waals surface area contributed by atoms with Crippen molar-refractivity contribution in [3.63, 3.8) is 0 Å². The topological polar surface area (TPSA) is 20.3 Å². The zero-order chi connectivity index (χ0) is 11.4. The predicted molar refractivity (Wildman–Crippen MR) is 64.7 cm³/mol. The van der Waals surface area contributed by atoms with Crippen LogP contribution in [0.25, 0.3) is 0 Å². The second-order valence-corrected chi connectivity index (χ2v) is 4.02. The Morgan fingerprint density at radius 1 is 1.47 bits per heavy atom. The van der Waals surface area contributed by atoms with Crippen LogP contribution in [0.3, 0.4) is 0 Å². The third kappa shape index (κ3) is 2.96. The van der Waals surface area contributed by atoms with E-state index in [9.17, 15) is 4.79 Å². The van der Waals surface area contributed by atoms with Crippen LogP contribution >= 0.6 is 11.6 Å². The lowest BCUT2D eigenvalue weighted by molar-refractivity contribution is -0.116. The Morgan fingerprint density at radius 2 is 2.13 bits per heavy atom. The second kappa shape index (κ2) is 5.17. The van der Waals surface area contributed by atoms with Crippen LogP contribution in [0.5, 0.6) is 0 Å². The normalized spacial score (nSPS) is 10.1. The van der Waals surface area contributed by atoms with Crippen molar-refractivity contribution in [1.29, 1.82) is 0 Å². The standard InChI is InChI=1S/C12H16ClNO/c1-9-8-11(6-7-13)4-5-12(9)14(3)10(2)15/h4-5,8H,6-7H2,1-3H3. The van der Waals surface area contributed by atoms with Gasteiger partial charge in [0.25, 0.3) is 0 Å². The summed E-state index contributed by atoms with van der Waals surface area (Å²) >= 11 is 5.68. The minimum Gasteiger partial charge on any atom is -0.315 e. The minimum absolute atomic E-state index is 0.0446. The first-order valence-corrected chi connectivity index (χ1v) is 5.49. The highest BCUT2D eigenvalue weighted by molar-refractivity contribution is 6.18. The molecule has 0 radical (unpaired) electrons. The summed E-state index contributed by atoms with van der Waals surface area (Å²) in [5.41, 5.74) is 3.28. The van der Waals surface area contributed by atoms with E-state index in [1.165, 1.54) is 5.56 Å². The number of nitrogens with zero attached hydrogens (tertiary/aromatic N) is 1. The van der Waals surface area contributed by atoms with Crippen LogP contribution in [0.2, 0.25) is 0 Å². The molecule has 1 rings (SSSR count). The van der Waals surface area contributed by atoms with Gasteiger partial charge < -0.3 is 4.90 Å². The highest BCUT2D eigenvalue weighted by Crippen LogP contribution is 2.20. The molecule has 1 amide bonds. The molecule has 0 atom stereocenters. The molecule has 0 aromatic heterocycles. The van der Waals surface area contributed by atoms with Gasteiger partial charge in [0.15, 0.2) is 0 Å². The summed E-state index contributed by atoms with van der Waals surface area (Å²) < 4.78 is 0. The van der Waals surface area contributed by atoms with Gasteiger partial charge in [-0.15, -0.1) is 11.6 Å². The van der Waals surface area contributed by atoms with Crippen LogP contribution in [0.4, 0.5) is 5.69 Å². The van der Waals surface area contributed by atoms with E-state index < -0.39 is 0 Å². The molecule has 82 valence electrons. The van der Waals surface area contributed by atoms with Crippen LogP contribution in [0, 0.1) is 6.92 Å². The molecule has 0 N–H and O–H groups in total. The van der Waals surface area contributed by atoms with E-state index in [-0.39, 0.29) is 5.91 Å². The first-order valence-electron chi connectivity index (χ1n) is 4.96. The van der Waals surface area contributed by atoms with Gasteiger partial charge in [-0.1, -0.05) is 12.1 Å². The fourth-order valence-corrected chi connectivity index (χ4v) is 1.75. The number of hydrogen-bond acceptors (Lipinski definition) is 1. The van der Waals surface area contributed by atoms with E-state index >= 15 is 0 Å². The Kier molecular flexibility index (Phi) is 4.15. The third-order valence-corrected chi connectivity index (χ3v) is 2.67. The molecule has 0 bridgehead atoms. The second-order valence-electron chi connectivity index (χ2n) is 3.64. The summed E-state index contributed by atoms with van der Waals surface area (Å²) in [5, 5.41) is 0. The molecule has 3 heteroatoms. The summed E-state index contributed by atoms with van der Waals surface area (Å²) in [6, 6.07) is 6.07. The maximum atomic E-state index is 11.2. The molecule has 15 heavy (non-hydrogen) atoms. The molecule has 0 unspecified atom stereocenters. The number of amides is 1. The third-order valence-electron chi connectivity index (χ3n) is 2.48. The van der Waals surface area contributed by atoms with Crippen LogP contribution in [-0.2, 0) is 11.2 Å². The Hall–Kier alpha value is -1.02. The van der Waals surface area contributed by atoms with Gasteiger partial charge in [-0.05, 0) is 30.5 Å². The van der Waals surface area contributed by atoms with Crippen molar-refractivity contribution in [2.24, 2.45) is 0 Å². The van der Waals surface area contributed by atoms with Gasteiger partial charge in [0.2, 0.25) is 5.91 Å². The van der Waals surface area contributed by atoms with Gasteiger partial charge in [-0.3, -0.25) is 4.79 Å². The number of aryl methyl sites for hydroxylation is 2. The highest BCUT2D eigenvalue weighted by atomic mass is 35.5. The molecule has 0 aliphatic heterocycles. The quantitative estimate of drug-likeness (QED) is 0.725. The summed E-state index contributed by atoms with van der Waals surface area (Å²) in [4.78, 5) is 12.9. The minimum atomic E-state index is 0.0446. The number of anilines is 1. The van der Waals surface area contributed by atoms with E-state index in [1.54, 1.807) is 18.9 Å². The van der Waals surface area contributed by atoms with Crippen molar-refractivity contribution in [3.05, 3.63) is 29.3 Å². The Morgan fingerprint density at radius 3 is 2.60 bits per heavy atom. The average molecular weight is 226 g/mol. The predicted octanol–water partition coefficient (Wildman–Crippen LogP) is 2.76. The SMILES string of the molecule is CC(=O)N(C)c1ccc(CCCl)cc1C. The molecule has 0 aliphatic carbocycles. The maximum absolute atomic E-state index is 11.2. The zero-order valence-electron chi connectivity index (χ0n) is 9.38. The molecule has 0 aliphatic rings. The number of carbonyl (C=O) groups is 1. The van der Waals surface area contributed by atoms with Crippen LogP contribution in [-0.4, -0.2) is 18.8 Å². The molecule has 0 fully saturated rings. The molecule has 0 heterocycles. The van der Waals surface area contributed by atoms with E-state index in [0.29, 0.717) is 5.88 Å². The maximum Gasteiger partial charge on any atom is 0.223 e. The van der Waals surface area contributed by atoms with E-state index in [2.05, 4.69) is 6.07 Å². The summed E-state index contributed by atoms with van der Waals surface area (Å²) in [7, 11) is 1.78. The number of hydrogen-bond donors (Lipinski definition) is 0. The molecule has 0 saturated carbocycles. The van der Waals surface area contributed by atoms with Gasteiger partial charge in [-0.25, -0.2) is 0 Å². The molecule has 0 saturated heterocycles. The molecular weight excluding hydrogens is 210 g/mol. The molecule has 1 aromatic carbocycles. The van der Waals surface area contributed by atoms with Crippen LogP contribution < -0.4 is 4.90 Å². The number of halogens is 1. The molecule has 0 spiro atoms. The number of benzene rings is 1. The van der Waals surface area contributed by atoms with Crippen molar-refractivity contribution in [2.75, 3.05) is 17.8 Å². The van der Waals surface area contributed by atoms with E-state index in [4.69, 9.17) is 11.6 Å². The monoisotopic (exact) mass is 225 g/mol. The Balaban J connectivity index is 2.97. The molecule has 1 aromatic rings. The lowest BCUT2D eigenvalue weighted by Crippen LogP contribution is -2.23. The number of rotatable bonds is 3. The van der Waals surface area contributed by atoms with Crippen molar-refractivity contribution in [1.82, 2.24) is 0 Å². The summed E-state index contributed by atoms with van der Waals surface area (Å²) in [6.07, 6.45) is 0.868. The smallest absolute Gasteiger partial charge is 0.223 e. The first kappa shape index (κ1) is 12.1. The van der Waals surface area contributed by atoms with Crippen molar-refractivity contribution in [2.45, 2.75) is 20.3 Å². The highest BCUT2D eigenvalue weighted by Gasteiger charge is 2.08. The zero-order valence-corrected chi connectivity index (χ0v) is 10.1. The fourth-order valence-electron chi connectivity index (χ4n) is 1.53. The van der Waals surface area contributed by atoms with Gasteiger partial charge in [0, 0.05) is 25.5 Å². The fraction of sp³-hybridized carbons (Fsp3) is 0.417. The van der Waals surface area contributed by atoms with E-state index in [0.717, 1.165) is 17.7 Å². The summed E-state index contributed by atoms with van der Waals surface area (Å²) in [6.45, 7) is 3.57. The van der Waals surface area contributed by atoms with Crippen molar-refractivity contribution in [3.8, 4) is 0 Å². The van der Waals surface area contributed by atoms with Gasteiger partial charge in [0.1, 0.15) is 0 Å². The molecular formula is C12H16ClNO. The first-order chi connectivity index (χ1) is 7.06. The number of alkyl halides is 1. The van der Waals surface area contributed by atoms with Gasteiger partial charge in [0.05, 0.1) is 0 Å². The molecule has 2 nitrogen and oxygen atoms in total. The van der Waals surface area contributed by atoms with Gasteiger partial charge in [-0.2, -0.15) is 0 Å². The largest absolute Gasteiger partial charge is 0.315 e. The lowest BCUT2D eigenvalue weighted by Gasteiger charge is -2.18. The van der Waals surface area contributed by atoms with Crippen LogP contribution in [0.15, 0.2) is 18.2 Å². The lowest BCUT2D eigenvalue weighted by atomic mass is 10.1. The summed E-state index contributed by atoms with van der Waals surface area (Å²) in [5.74, 6) is 0.671. The van der Waals surface area contributed by atoms with Crippen molar-refractivity contribution >= 4 is 23.2 Å². The number of carbonyl (C=O) groups excluding carboxylic acids is 1.